The van der Waals surface area contributed by atoms with Gasteiger partial charge in [-0.2, -0.15) is 0 Å². The van der Waals surface area contributed by atoms with Gasteiger partial charge in [0, 0.05) is 11.8 Å². The standard InChI is InChI=1S/C16H19N3/c17-15-14(12-6-7-12)18-16(13-8-9-13)19(15)10-11-4-2-1-3-5-11/h1-5,12-13H,6-10,17H2. The second-order valence-electron chi connectivity index (χ2n) is 5.86. The van der Waals surface area contributed by atoms with Crippen molar-refractivity contribution in [3.63, 3.8) is 0 Å². The van der Waals surface area contributed by atoms with E-state index >= 15 is 0 Å². The Hall–Kier alpha value is -1.77. The quantitative estimate of drug-likeness (QED) is 0.908. The number of hydrogen-bond acceptors (Lipinski definition) is 2. The van der Waals surface area contributed by atoms with E-state index in [0.29, 0.717) is 11.8 Å². The van der Waals surface area contributed by atoms with Crippen LogP contribution in [0, 0.1) is 0 Å². The molecule has 0 aliphatic heterocycles. The Bertz CT molecular complexity index is 592. The Balaban J connectivity index is 1.72. The molecular formula is C16H19N3. The van der Waals surface area contributed by atoms with Crippen LogP contribution in [0.3, 0.4) is 0 Å². The third-order valence-corrected chi connectivity index (χ3v) is 4.15. The molecule has 3 heteroatoms. The van der Waals surface area contributed by atoms with E-state index in [1.807, 2.05) is 0 Å². The van der Waals surface area contributed by atoms with Crippen molar-refractivity contribution in [1.29, 1.82) is 0 Å². The van der Waals surface area contributed by atoms with Crippen molar-refractivity contribution in [2.75, 3.05) is 5.73 Å². The van der Waals surface area contributed by atoms with Gasteiger partial charge in [-0.3, -0.25) is 0 Å². The molecule has 0 saturated heterocycles. The Morgan fingerprint density at radius 1 is 1.05 bits per heavy atom. The first-order chi connectivity index (χ1) is 9.33. The van der Waals surface area contributed by atoms with Crippen molar-refractivity contribution in [2.45, 2.75) is 44.1 Å². The average Bonchev–Trinajstić information content (AvgIpc) is 3.33. The summed E-state index contributed by atoms with van der Waals surface area (Å²) < 4.78 is 2.25. The molecule has 0 atom stereocenters. The molecule has 1 heterocycles. The summed E-state index contributed by atoms with van der Waals surface area (Å²) in [6.07, 6.45) is 5.07. The van der Waals surface area contributed by atoms with E-state index in [4.69, 9.17) is 10.7 Å². The van der Waals surface area contributed by atoms with E-state index in [1.54, 1.807) is 0 Å². The maximum Gasteiger partial charge on any atom is 0.127 e. The highest BCUT2D eigenvalue weighted by Gasteiger charge is 2.35. The van der Waals surface area contributed by atoms with E-state index in [0.717, 1.165) is 18.1 Å². The minimum absolute atomic E-state index is 0.634. The van der Waals surface area contributed by atoms with Crippen LogP contribution in [0.5, 0.6) is 0 Å². The first kappa shape index (κ1) is 11.1. The predicted molar refractivity (Wildman–Crippen MR) is 76.1 cm³/mol. The fourth-order valence-corrected chi connectivity index (χ4v) is 2.75. The molecule has 0 radical (unpaired) electrons. The molecule has 0 unspecified atom stereocenters. The second kappa shape index (κ2) is 4.12. The zero-order valence-corrected chi connectivity index (χ0v) is 11.0. The molecular weight excluding hydrogens is 234 g/mol. The number of hydrogen-bond donors (Lipinski definition) is 1. The third kappa shape index (κ3) is 2.03. The lowest BCUT2D eigenvalue weighted by Crippen LogP contribution is -2.08. The van der Waals surface area contributed by atoms with E-state index < -0.39 is 0 Å². The molecule has 0 bridgehead atoms. The number of aromatic nitrogens is 2. The molecule has 2 aromatic rings. The molecule has 2 aliphatic rings. The van der Waals surface area contributed by atoms with Crippen molar-refractivity contribution >= 4 is 5.82 Å². The molecule has 4 rings (SSSR count). The smallest absolute Gasteiger partial charge is 0.127 e. The Kier molecular flexibility index (Phi) is 2.40. The SMILES string of the molecule is Nc1c(C2CC2)nc(C2CC2)n1Cc1ccccc1. The Morgan fingerprint density at radius 2 is 1.74 bits per heavy atom. The van der Waals surface area contributed by atoms with Gasteiger partial charge in [0.05, 0.1) is 12.2 Å². The summed E-state index contributed by atoms with van der Waals surface area (Å²) in [5.41, 5.74) is 8.83. The highest BCUT2D eigenvalue weighted by atomic mass is 15.2. The monoisotopic (exact) mass is 253 g/mol. The van der Waals surface area contributed by atoms with Crippen LogP contribution in [0.4, 0.5) is 5.82 Å². The molecule has 1 aromatic heterocycles. The summed E-state index contributed by atoms with van der Waals surface area (Å²) in [4.78, 5) is 4.87. The zero-order chi connectivity index (χ0) is 12.8. The number of nitrogens with two attached hydrogens (primary N) is 1. The van der Waals surface area contributed by atoms with Crippen molar-refractivity contribution < 1.29 is 0 Å². The molecule has 1 aromatic carbocycles. The van der Waals surface area contributed by atoms with Gasteiger partial charge in [0.15, 0.2) is 0 Å². The highest BCUT2D eigenvalue weighted by molar-refractivity contribution is 5.44. The number of anilines is 1. The van der Waals surface area contributed by atoms with Gasteiger partial charge < -0.3 is 10.3 Å². The van der Waals surface area contributed by atoms with Crippen LogP contribution in [0.2, 0.25) is 0 Å². The molecule has 2 N–H and O–H groups in total. The Labute approximate surface area is 113 Å². The fraction of sp³-hybridized carbons (Fsp3) is 0.438. The maximum atomic E-state index is 6.36. The van der Waals surface area contributed by atoms with Crippen molar-refractivity contribution in [1.82, 2.24) is 9.55 Å². The van der Waals surface area contributed by atoms with E-state index in [9.17, 15) is 0 Å². The average molecular weight is 253 g/mol. The first-order valence-electron chi connectivity index (χ1n) is 7.22. The molecule has 98 valence electrons. The summed E-state index contributed by atoms with van der Waals surface area (Å²) >= 11 is 0. The van der Waals surface area contributed by atoms with Gasteiger partial charge in [-0.1, -0.05) is 30.3 Å². The lowest BCUT2D eigenvalue weighted by molar-refractivity contribution is 0.734. The number of nitrogens with zero attached hydrogens (tertiary/aromatic N) is 2. The lowest BCUT2D eigenvalue weighted by Gasteiger charge is -2.09. The summed E-state index contributed by atoms with van der Waals surface area (Å²) in [7, 11) is 0. The van der Waals surface area contributed by atoms with Crippen molar-refractivity contribution in [2.24, 2.45) is 0 Å². The van der Waals surface area contributed by atoms with Gasteiger partial charge in [0.25, 0.3) is 0 Å². The molecule has 0 amide bonds. The Morgan fingerprint density at radius 3 is 2.37 bits per heavy atom. The van der Waals surface area contributed by atoms with Crippen LogP contribution in [0.15, 0.2) is 30.3 Å². The summed E-state index contributed by atoms with van der Waals surface area (Å²) in [5, 5.41) is 0. The van der Waals surface area contributed by atoms with Gasteiger partial charge in [-0.05, 0) is 31.2 Å². The van der Waals surface area contributed by atoms with Gasteiger partial charge in [-0.25, -0.2) is 4.98 Å². The van der Waals surface area contributed by atoms with Crippen LogP contribution in [0.25, 0.3) is 0 Å². The molecule has 2 fully saturated rings. The third-order valence-electron chi connectivity index (χ3n) is 4.15. The second-order valence-corrected chi connectivity index (χ2v) is 5.86. The van der Waals surface area contributed by atoms with Gasteiger partial charge >= 0.3 is 0 Å². The topological polar surface area (TPSA) is 43.8 Å². The molecule has 19 heavy (non-hydrogen) atoms. The first-order valence-corrected chi connectivity index (χ1v) is 7.22. The van der Waals surface area contributed by atoms with Gasteiger partial charge in [0.1, 0.15) is 11.6 Å². The van der Waals surface area contributed by atoms with Crippen LogP contribution in [-0.2, 0) is 6.54 Å². The summed E-state index contributed by atoms with van der Waals surface area (Å²) in [6, 6.07) is 10.5. The number of benzene rings is 1. The van der Waals surface area contributed by atoms with E-state index in [-0.39, 0.29) is 0 Å². The van der Waals surface area contributed by atoms with Gasteiger partial charge in [-0.15, -0.1) is 0 Å². The molecule has 0 spiro atoms. The minimum Gasteiger partial charge on any atom is -0.384 e. The van der Waals surface area contributed by atoms with Crippen LogP contribution >= 0.6 is 0 Å². The van der Waals surface area contributed by atoms with Crippen molar-refractivity contribution in [3.05, 3.63) is 47.4 Å². The minimum atomic E-state index is 0.634. The molecule has 3 nitrogen and oxygen atoms in total. The highest BCUT2D eigenvalue weighted by Crippen LogP contribution is 2.46. The molecule has 2 saturated carbocycles. The number of imidazole rings is 1. The normalized spacial score (nSPS) is 18.7. The summed E-state index contributed by atoms with van der Waals surface area (Å²) in [6.45, 7) is 0.859. The predicted octanol–water partition coefficient (Wildman–Crippen LogP) is 3.27. The van der Waals surface area contributed by atoms with Crippen molar-refractivity contribution in [3.8, 4) is 0 Å². The summed E-state index contributed by atoms with van der Waals surface area (Å²) in [5.74, 6) is 3.42. The zero-order valence-electron chi connectivity index (χ0n) is 11.0. The van der Waals surface area contributed by atoms with E-state index in [1.165, 1.54) is 37.1 Å². The van der Waals surface area contributed by atoms with Gasteiger partial charge in [0.2, 0.25) is 0 Å². The number of nitrogen functional groups attached to an aromatic ring is 1. The largest absolute Gasteiger partial charge is 0.384 e. The fourth-order valence-electron chi connectivity index (χ4n) is 2.75. The van der Waals surface area contributed by atoms with E-state index in [2.05, 4.69) is 34.9 Å². The van der Waals surface area contributed by atoms with Crippen LogP contribution in [-0.4, -0.2) is 9.55 Å². The molecule has 2 aliphatic carbocycles. The lowest BCUT2D eigenvalue weighted by atomic mass is 10.2. The number of rotatable bonds is 4. The van der Waals surface area contributed by atoms with Crippen LogP contribution < -0.4 is 5.73 Å². The maximum absolute atomic E-state index is 6.36. The van der Waals surface area contributed by atoms with Crippen LogP contribution in [0.1, 0.15) is 54.6 Å².